The molecule has 2 aromatic heterocycles. The number of aryl methyl sites for hydroxylation is 2. The summed E-state index contributed by atoms with van der Waals surface area (Å²) in [4.78, 5) is 20.5. The number of hydrogen-bond acceptors (Lipinski definition) is 4. The Morgan fingerprint density at radius 2 is 1.75 bits per heavy atom. The van der Waals surface area contributed by atoms with Crippen LogP contribution in [0.3, 0.4) is 0 Å². The molecule has 4 aromatic rings. The van der Waals surface area contributed by atoms with Crippen LogP contribution in [0, 0.1) is 13.8 Å². The van der Waals surface area contributed by atoms with Crippen molar-refractivity contribution in [2.24, 2.45) is 0 Å². The van der Waals surface area contributed by atoms with Crippen LogP contribution in [0.5, 0.6) is 5.75 Å². The molecule has 7 heteroatoms. The van der Waals surface area contributed by atoms with Gasteiger partial charge in [-0.05, 0) is 82.7 Å². The maximum absolute atomic E-state index is 13.3. The summed E-state index contributed by atoms with van der Waals surface area (Å²) in [7, 11) is 0. The number of halogens is 1. The van der Waals surface area contributed by atoms with E-state index in [1.54, 1.807) is 0 Å². The fraction of sp³-hybridized carbons (Fsp3) is 0.240. The molecule has 164 valence electrons. The van der Waals surface area contributed by atoms with Gasteiger partial charge in [0.2, 0.25) is 0 Å². The van der Waals surface area contributed by atoms with Crippen LogP contribution in [0.15, 0.2) is 58.1 Å². The first kappa shape index (κ1) is 22.0. The first-order valence-corrected chi connectivity index (χ1v) is 11.4. The molecule has 0 unspecified atom stereocenters. The number of aromatic nitrogens is 4. The van der Waals surface area contributed by atoms with Crippen molar-refractivity contribution in [3.05, 3.63) is 74.7 Å². The van der Waals surface area contributed by atoms with Gasteiger partial charge in [-0.15, -0.1) is 0 Å². The molecule has 0 saturated heterocycles. The van der Waals surface area contributed by atoms with Crippen LogP contribution in [-0.4, -0.2) is 26.8 Å². The predicted molar refractivity (Wildman–Crippen MR) is 131 cm³/mol. The minimum absolute atomic E-state index is 0.251. The van der Waals surface area contributed by atoms with Crippen molar-refractivity contribution in [1.82, 2.24) is 20.2 Å². The summed E-state index contributed by atoms with van der Waals surface area (Å²) in [5.41, 5.74) is 5.76. The van der Waals surface area contributed by atoms with Gasteiger partial charge < -0.3 is 9.72 Å². The van der Waals surface area contributed by atoms with E-state index in [-0.39, 0.29) is 5.56 Å². The highest BCUT2D eigenvalue weighted by atomic mass is 79.9. The SMILES string of the molecule is CCCCOc1ccc(-c2[nH]c(=O)c(-c3nc[nH]n3)c(-c3ccc(C)c(C)c3)c2Br)cc1. The smallest absolute Gasteiger partial charge is 0.260 e. The molecule has 0 radical (unpaired) electrons. The van der Waals surface area contributed by atoms with Gasteiger partial charge >= 0.3 is 0 Å². The number of aromatic amines is 2. The molecular weight excluding hydrogens is 468 g/mol. The average molecular weight is 493 g/mol. The summed E-state index contributed by atoms with van der Waals surface area (Å²) >= 11 is 3.77. The van der Waals surface area contributed by atoms with Crippen LogP contribution in [-0.2, 0) is 0 Å². The van der Waals surface area contributed by atoms with Gasteiger partial charge in [0.05, 0.1) is 22.3 Å². The number of hydrogen-bond donors (Lipinski definition) is 2. The van der Waals surface area contributed by atoms with Gasteiger partial charge in [0, 0.05) is 5.56 Å². The minimum atomic E-state index is -0.251. The molecular formula is C25H25BrN4O2. The number of rotatable bonds is 7. The molecule has 0 spiro atoms. The number of ether oxygens (including phenoxy) is 1. The number of unbranched alkanes of at least 4 members (excludes halogenated alkanes) is 1. The Bertz CT molecular complexity index is 1280. The first-order valence-electron chi connectivity index (χ1n) is 10.6. The Hall–Kier alpha value is -3.19. The Balaban J connectivity index is 1.86. The number of nitrogens with zero attached hydrogens (tertiary/aromatic N) is 2. The van der Waals surface area contributed by atoms with Crippen LogP contribution in [0.25, 0.3) is 33.8 Å². The molecule has 0 aliphatic carbocycles. The molecule has 0 aliphatic rings. The molecule has 2 N–H and O–H groups in total. The van der Waals surface area contributed by atoms with Crippen molar-refractivity contribution in [3.8, 4) is 39.5 Å². The molecule has 0 amide bonds. The molecule has 0 fully saturated rings. The lowest BCUT2D eigenvalue weighted by molar-refractivity contribution is 0.309. The van der Waals surface area contributed by atoms with E-state index in [1.807, 2.05) is 30.3 Å². The van der Waals surface area contributed by atoms with E-state index >= 15 is 0 Å². The number of benzene rings is 2. The van der Waals surface area contributed by atoms with E-state index in [2.05, 4.69) is 69.0 Å². The summed E-state index contributed by atoms with van der Waals surface area (Å²) in [6.07, 6.45) is 3.57. The lowest BCUT2D eigenvalue weighted by Gasteiger charge is -2.15. The highest BCUT2D eigenvalue weighted by molar-refractivity contribution is 9.10. The molecule has 0 aliphatic heterocycles. The maximum atomic E-state index is 13.3. The largest absolute Gasteiger partial charge is 0.494 e. The van der Waals surface area contributed by atoms with Gasteiger partial charge in [-0.3, -0.25) is 9.89 Å². The maximum Gasteiger partial charge on any atom is 0.260 e. The third-order valence-corrected chi connectivity index (χ3v) is 6.29. The van der Waals surface area contributed by atoms with Gasteiger partial charge in [-0.25, -0.2) is 4.98 Å². The van der Waals surface area contributed by atoms with Crippen LogP contribution in [0.4, 0.5) is 0 Å². The zero-order valence-corrected chi connectivity index (χ0v) is 19.9. The van der Waals surface area contributed by atoms with E-state index < -0.39 is 0 Å². The quantitative estimate of drug-likeness (QED) is 0.307. The monoisotopic (exact) mass is 492 g/mol. The summed E-state index contributed by atoms with van der Waals surface area (Å²) in [5.74, 6) is 1.17. The summed E-state index contributed by atoms with van der Waals surface area (Å²) < 4.78 is 6.55. The highest BCUT2D eigenvalue weighted by Crippen LogP contribution is 2.40. The molecule has 0 bridgehead atoms. The molecule has 32 heavy (non-hydrogen) atoms. The third kappa shape index (κ3) is 4.39. The summed E-state index contributed by atoms with van der Waals surface area (Å²) in [6.45, 7) is 6.95. The first-order chi connectivity index (χ1) is 15.5. The van der Waals surface area contributed by atoms with Crippen molar-refractivity contribution >= 4 is 15.9 Å². The zero-order valence-electron chi connectivity index (χ0n) is 18.3. The Kier molecular flexibility index (Phi) is 6.55. The summed E-state index contributed by atoms with van der Waals surface area (Å²) in [5, 5.41) is 6.88. The van der Waals surface area contributed by atoms with Gasteiger partial charge in [0.25, 0.3) is 5.56 Å². The second-order valence-corrected chi connectivity index (χ2v) is 8.53. The van der Waals surface area contributed by atoms with Crippen LogP contribution < -0.4 is 10.3 Å². The fourth-order valence-corrected chi connectivity index (χ4v) is 4.30. The molecule has 4 rings (SSSR count). The fourth-order valence-electron chi connectivity index (χ4n) is 3.54. The van der Waals surface area contributed by atoms with E-state index in [0.717, 1.165) is 45.3 Å². The minimum Gasteiger partial charge on any atom is -0.494 e. The normalized spacial score (nSPS) is 11.0. The van der Waals surface area contributed by atoms with Crippen LogP contribution >= 0.6 is 15.9 Å². The molecule has 6 nitrogen and oxygen atoms in total. The lowest BCUT2D eigenvalue weighted by atomic mass is 9.95. The van der Waals surface area contributed by atoms with Gasteiger partial charge in [-0.2, -0.15) is 5.10 Å². The highest BCUT2D eigenvalue weighted by Gasteiger charge is 2.22. The van der Waals surface area contributed by atoms with Crippen LogP contribution in [0.1, 0.15) is 30.9 Å². The standard InChI is InChI=1S/C25H25BrN4O2/c1-4-5-12-32-19-10-8-17(9-11-19)23-22(26)20(18-7-6-15(2)16(3)13-18)21(25(31)29-23)24-27-14-28-30-24/h6-11,13-14H,4-5,12H2,1-3H3,(H,29,31)(H,27,28,30). The third-order valence-electron chi connectivity index (χ3n) is 5.50. The van der Waals surface area contributed by atoms with E-state index in [0.29, 0.717) is 23.7 Å². The van der Waals surface area contributed by atoms with Crippen molar-refractivity contribution in [3.63, 3.8) is 0 Å². The lowest BCUT2D eigenvalue weighted by Crippen LogP contribution is -2.14. The predicted octanol–water partition coefficient (Wildman–Crippen LogP) is 6.05. The number of nitrogens with one attached hydrogen (secondary N) is 2. The second-order valence-electron chi connectivity index (χ2n) is 7.74. The van der Waals surface area contributed by atoms with Gasteiger partial charge in [0.1, 0.15) is 12.1 Å². The van der Waals surface area contributed by atoms with E-state index in [1.165, 1.54) is 11.9 Å². The topological polar surface area (TPSA) is 83.7 Å². The number of H-pyrrole nitrogens is 2. The van der Waals surface area contributed by atoms with Gasteiger partial charge in [0.15, 0.2) is 5.82 Å². The van der Waals surface area contributed by atoms with Crippen molar-refractivity contribution in [2.75, 3.05) is 6.61 Å². The van der Waals surface area contributed by atoms with Gasteiger partial charge in [-0.1, -0.05) is 31.5 Å². The van der Waals surface area contributed by atoms with Crippen molar-refractivity contribution in [2.45, 2.75) is 33.6 Å². The Labute approximate surface area is 195 Å². The molecule has 2 heterocycles. The summed E-state index contributed by atoms with van der Waals surface area (Å²) in [6, 6.07) is 13.9. The van der Waals surface area contributed by atoms with E-state index in [9.17, 15) is 4.79 Å². The van der Waals surface area contributed by atoms with Crippen molar-refractivity contribution < 1.29 is 4.74 Å². The second kappa shape index (κ2) is 9.53. The van der Waals surface area contributed by atoms with E-state index in [4.69, 9.17) is 4.74 Å². The Morgan fingerprint density at radius 1 is 1.00 bits per heavy atom. The number of pyridine rings is 1. The Morgan fingerprint density at radius 3 is 2.41 bits per heavy atom. The molecule has 0 saturated carbocycles. The average Bonchev–Trinajstić information content (AvgIpc) is 3.32. The van der Waals surface area contributed by atoms with Crippen LogP contribution in [0.2, 0.25) is 0 Å². The van der Waals surface area contributed by atoms with Crippen molar-refractivity contribution in [1.29, 1.82) is 0 Å². The zero-order chi connectivity index (χ0) is 22.7. The molecule has 2 aromatic carbocycles. The molecule has 0 atom stereocenters.